The fraction of sp³-hybridized carbons (Fsp3) is 0.571. The molecule has 1 aliphatic carbocycles. The first-order chi connectivity index (χ1) is 15.0. The number of aromatic nitrogens is 2. The molecule has 31 heavy (non-hydrogen) atoms. The normalized spacial score (nSPS) is 21.8. The van der Waals surface area contributed by atoms with E-state index in [1.165, 1.54) is 16.9 Å². The number of imide groups is 1. The number of hydrogen-bond acceptors (Lipinski definition) is 6. The molecule has 1 atom stereocenters. The highest BCUT2D eigenvalue weighted by molar-refractivity contribution is 7.18. The van der Waals surface area contributed by atoms with Gasteiger partial charge in [-0.25, -0.2) is 9.78 Å². The average molecular weight is 444 g/mol. The Morgan fingerprint density at radius 3 is 2.65 bits per heavy atom. The van der Waals surface area contributed by atoms with Crippen LogP contribution < -0.4 is 16.2 Å². The number of amides is 4. The number of H-pyrrole nitrogens is 1. The van der Waals surface area contributed by atoms with E-state index < -0.39 is 12.1 Å². The summed E-state index contributed by atoms with van der Waals surface area (Å²) in [6, 6.07) is -1.14. The molecule has 9 nitrogen and oxygen atoms in total. The summed E-state index contributed by atoms with van der Waals surface area (Å²) in [4.78, 5) is 59.9. The Hall–Kier alpha value is -2.75. The van der Waals surface area contributed by atoms with E-state index in [9.17, 15) is 19.2 Å². The first kappa shape index (κ1) is 20.2. The van der Waals surface area contributed by atoms with Crippen molar-refractivity contribution < 1.29 is 14.4 Å². The van der Waals surface area contributed by atoms with E-state index in [-0.39, 0.29) is 29.7 Å². The molecule has 2 aromatic rings. The van der Waals surface area contributed by atoms with E-state index in [2.05, 4.69) is 15.6 Å². The molecule has 0 bridgehead atoms. The number of hydrogen-bond donors (Lipinski definition) is 3. The molecular formula is C21H25N5O4S. The van der Waals surface area contributed by atoms with Gasteiger partial charge in [-0.05, 0) is 50.5 Å². The number of piperidine rings is 1. The van der Waals surface area contributed by atoms with Crippen LogP contribution in [0.15, 0.2) is 4.79 Å². The van der Waals surface area contributed by atoms with Crippen molar-refractivity contribution in [3.8, 4) is 0 Å². The number of likely N-dealkylation sites (tertiary alicyclic amines) is 1. The van der Waals surface area contributed by atoms with Gasteiger partial charge in [0.2, 0.25) is 5.91 Å². The quantitative estimate of drug-likeness (QED) is 0.619. The molecule has 10 heteroatoms. The molecular weight excluding hydrogens is 418 g/mol. The lowest BCUT2D eigenvalue weighted by molar-refractivity contribution is -0.132. The van der Waals surface area contributed by atoms with Crippen molar-refractivity contribution >= 4 is 39.4 Å². The lowest BCUT2D eigenvalue weighted by Crippen LogP contribution is -2.39. The van der Waals surface area contributed by atoms with Gasteiger partial charge in [-0.15, -0.1) is 11.3 Å². The van der Waals surface area contributed by atoms with Crippen molar-refractivity contribution in [2.24, 2.45) is 0 Å². The summed E-state index contributed by atoms with van der Waals surface area (Å²) in [7, 11) is 0. The number of carbonyl (C=O) groups excluding carboxylic acids is 3. The number of rotatable bonds is 4. The van der Waals surface area contributed by atoms with E-state index >= 15 is 0 Å². The van der Waals surface area contributed by atoms with Crippen LogP contribution in [0.1, 0.15) is 60.7 Å². The van der Waals surface area contributed by atoms with Crippen LogP contribution in [0.3, 0.4) is 0 Å². The molecule has 3 N–H and O–H groups in total. The molecule has 4 amide bonds. The summed E-state index contributed by atoms with van der Waals surface area (Å²) < 4.78 is 0. The maximum absolute atomic E-state index is 12.8. The lowest BCUT2D eigenvalue weighted by Gasteiger charge is -2.31. The molecule has 5 rings (SSSR count). The van der Waals surface area contributed by atoms with Gasteiger partial charge >= 0.3 is 6.03 Å². The number of thiophene rings is 1. The van der Waals surface area contributed by atoms with E-state index in [1.54, 1.807) is 16.2 Å². The van der Waals surface area contributed by atoms with Gasteiger partial charge in [-0.3, -0.25) is 19.7 Å². The molecule has 0 unspecified atom stereocenters. The SMILES string of the molecule is O=C1NC(=O)[C@H](CCC(=O)N2CCC(c3nc4sc5c(c4c(=O)[nH]3)CCCC5)CC2)N1. The highest BCUT2D eigenvalue weighted by Gasteiger charge is 2.31. The monoisotopic (exact) mass is 443 g/mol. The van der Waals surface area contributed by atoms with Crippen molar-refractivity contribution in [3.05, 3.63) is 26.6 Å². The van der Waals surface area contributed by atoms with Gasteiger partial charge in [0.05, 0.1) is 5.39 Å². The number of aryl methyl sites for hydroxylation is 2. The van der Waals surface area contributed by atoms with Crippen LogP contribution in [0.5, 0.6) is 0 Å². The van der Waals surface area contributed by atoms with Crippen LogP contribution in [0.4, 0.5) is 4.79 Å². The van der Waals surface area contributed by atoms with Gasteiger partial charge in [0, 0.05) is 30.3 Å². The topological polar surface area (TPSA) is 124 Å². The molecule has 0 aromatic carbocycles. The van der Waals surface area contributed by atoms with Crippen molar-refractivity contribution in [3.63, 3.8) is 0 Å². The molecule has 0 saturated carbocycles. The summed E-state index contributed by atoms with van der Waals surface area (Å²) in [6.07, 6.45) is 6.30. The minimum atomic E-state index is -0.633. The molecule has 4 heterocycles. The minimum Gasteiger partial charge on any atom is -0.343 e. The van der Waals surface area contributed by atoms with Gasteiger partial charge in [0.25, 0.3) is 11.5 Å². The maximum Gasteiger partial charge on any atom is 0.322 e. The van der Waals surface area contributed by atoms with Gasteiger partial charge in [0.1, 0.15) is 16.7 Å². The molecule has 164 valence electrons. The lowest BCUT2D eigenvalue weighted by atomic mass is 9.95. The average Bonchev–Trinajstić information content (AvgIpc) is 3.30. The number of aromatic amines is 1. The minimum absolute atomic E-state index is 0.0183. The number of urea groups is 1. The van der Waals surface area contributed by atoms with Crippen LogP contribution in [0.2, 0.25) is 0 Å². The Labute approximate surface area is 182 Å². The summed E-state index contributed by atoms with van der Waals surface area (Å²) in [5.74, 6) is 0.459. The van der Waals surface area contributed by atoms with Crippen LogP contribution in [-0.4, -0.2) is 51.8 Å². The zero-order chi connectivity index (χ0) is 21.5. The fourth-order valence-electron chi connectivity index (χ4n) is 4.86. The van der Waals surface area contributed by atoms with Gasteiger partial charge in [-0.2, -0.15) is 0 Å². The summed E-state index contributed by atoms with van der Waals surface area (Å²) in [6.45, 7) is 1.19. The van der Waals surface area contributed by atoms with Crippen LogP contribution in [0, 0.1) is 0 Å². The van der Waals surface area contributed by atoms with E-state index in [1.807, 2.05) is 0 Å². The van der Waals surface area contributed by atoms with Crippen molar-refractivity contribution in [2.75, 3.05) is 13.1 Å². The fourth-order valence-corrected chi connectivity index (χ4v) is 6.13. The van der Waals surface area contributed by atoms with E-state index in [0.29, 0.717) is 19.5 Å². The highest BCUT2D eigenvalue weighted by Crippen LogP contribution is 2.35. The van der Waals surface area contributed by atoms with Gasteiger partial charge < -0.3 is 15.2 Å². The third kappa shape index (κ3) is 3.84. The second-order valence-electron chi connectivity index (χ2n) is 8.55. The molecule has 2 aliphatic heterocycles. The smallest absolute Gasteiger partial charge is 0.322 e. The van der Waals surface area contributed by atoms with E-state index in [4.69, 9.17) is 4.98 Å². The Balaban J connectivity index is 1.22. The zero-order valence-electron chi connectivity index (χ0n) is 17.2. The summed E-state index contributed by atoms with van der Waals surface area (Å²) in [5, 5.41) is 5.47. The first-order valence-electron chi connectivity index (χ1n) is 10.9. The van der Waals surface area contributed by atoms with Crippen LogP contribution >= 0.6 is 11.3 Å². The highest BCUT2D eigenvalue weighted by atomic mass is 32.1. The summed E-state index contributed by atoms with van der Waals surface area (Å²) >= 11 is 1.66. The van der Waals surface area contributed by atoms with Gasteiger partial charge in [-0.1, -0.05) is 0 Å². The summed E-state index contributed by atoms with van der Waals surface area (Å²) in [5.41, 5.74) is 1.16. The van der Waals surface area contributed by atoms with E-state index in [0.717, 1.165) is 48.1 Å². The number of fused-ring (bicyclic) bond motifs is 3. The number of nitrogens with zero attached hydrogens (tertiary/aromatic N) is 2. The largest absolute Gasteiger partial charge is 0.343 e. The molecule has 2 saturated heterocycles. The Morgan fingerprint density at radius 2 is 1.90 bits per heavy atom. The van der Waals surface area contributed by atoms with Gasteiger partial charge in [0.15, 0.2) is 0 Å². The number of nitrogens with one attached hydrogen (secondary N) is 3. The Morgan fingerprint density at radius 1 is 1.13 bits per heavy atom. The third-order valence-electron chi connectivity index (χ3n) is 6.58. The Kier molecular flexibility index (Phi) is 5.25. The predicted molar refractivity (Wildman–Crippen MR) is 115 cm³/mol. The van der Waals surface area contributed by atoms with Crippen molar-refractivity contribution in [1.29, 1.82) is 0 Å². The van der Waals surface area contributed by atoms with Crippen LogP contribution in [0.25, 0.3) is 10.2 Å². The van der Waals surface area contributed by atoms with Crippen molar-refractivity contribution in [2.45, 2.75) is 63.3 Å². The zero-order valence-corrected chi connectivity index (χ0v) is 18.0. The first-order valence-corrected chi connectivity index (χ1v) is 11.7. The Bertz CT molecular complexity index is 1110. The molecule has 0 spiro atoms. The third-order valence-corrected chi connectivity index (χ3v) is 7.77. The molecule has 3 aliphatic rings. The standard InChI is InChI=1S/C21H25N5O4S/c27-15(6-5-13-18(28)25-21(30)22-13)26-9-7-11(8-10-26)17-23-19(29)16-12-3-1-2-4-14(12)31-20(16)24-17/h11,13H,1-10H2,(H,23,24,29)(H2,22,25,28,30)/t13-/m0/s1. The van der Waals surface area contributed by atoms with Crippen LogP contribution in [-0.2, 0) is 22.4 Å². The molecule has 2 fully saturated rings. The second kappa shape index (κ2) is 8.07. The second-order valence-corrected chi connectivity index (χ2v) is 9.63. The maximum atomic E-state index is 12.8. The molecule has 0 radical (unpaired) electrons. The molecule has 2 aromatic heterocycles. The number of carbonyl (C=O) groups is 3. The van der Waals surface area contributed by atoms with Crippen molar-refractivity contribution in [1.82, 2.24) is 25.5 Å². The predicted octanol–water partition coefficient (Wildman–Crippen LogP) is 1.56.